The molecule has 0 heterocycles. The second-order valence-corrected chi connectivity index (χ2v) is 5.17. The summed E-state index contributed by atoms with van der Waals surface area (Å²) in [6, 6.07) is 11.8. The normalized spacial score (nSPS) is 10.2. The van der Waals surface area contributed by atoms with Crippen molar-refractivity contribution in [3.05, 3.63) is 58.1 Å². The molecule has 0 unspecified atom stereocenters. The standard InChI is InChI=1S/C17H16ClNO/c1-11-4-5-16(15(6-11)9-18)20-17-12(2)7-14(10-19)8-13(17)3/h4-8H,9H2,1-3H3. The molecule has 0 aliphatic rings. The molecular weight excluding hydrogens is 270 g/mol. The molecular formula is C17H16ClNO. The number of rotatable bonds is 3. The molecule has 0 spiro atoms. The fourth-order valence-electron chi connectivity index (χ4n) is 2.20. The molecule has 0 aromatic heterocycles. The summed E-state index contributed by atoms with van der Waals surface area (Å²) in [5.41, 5.74) is 4.66. The van der Waals surface area contributed by atoms with Crippen molar-refractivity contribution in [1.82, 2.24) is 0 Å². The van der Waals surface area contributed by atoms with Gasteiger partial charge in [0.15, 0.2) is 0 Å². The van der Waals surface area contributed by atoms with Gasteiger partial charge in [0.05, 0.1) is 17.5 Å². The summed E-state index contributed by atoms with van der Waals surface area (Å²) in [5.74, 6) is 1.96. The molecule has 0 saturated heterocycles. The van der Waals surface area contributed by atoms with Crippen molar-refractivity contribution in [2.75, 3.05) is 0 Å². The number of ether oxygens (including phenoxy) is 1. The summed E-state index contributed by atoms with van der Waals surface area (Å²) < 4.78 is 6.02. The average Bonchev–Trinajstić information content (AvgIpc) is 2.43. The van der Waals surface area contributed by atoms with Crippen molar-refractivity contribution < 1.29 is 4.74 Å². The van der Waals surface area contributed by atoms with E-state index in [-0.39, 0.29) is 0 Å². The number of hydrogen-bond donors (Lipinski definition) is 0. The Morgan fingerprint density at radius 2 is 1.75 bits per heavy atom. The summed E-state index contributed by atoms with van der Waals surface area (Å²) in [7, 11) is 0. The van der Waals surface area contributed by atoms with Crippen LogP contribution >= 0.6 is 11.6 Å². The predicted molar refractivity (Wildman–Crippen MR) is 81.4 cm³/mol. The van der Waals surface area contributed by atoms with Crippen LogP contribution in [0.25, 0.3) is 0 Å². The number of benzene rings is 2. The summed E-state index contributed by atoms with van der Waals surface area (Å²) in [6.07, 6.45) is 0. The van der Waals surface area contributed by atoms with Gasteiger partial charge in [-0.3, -0.25) is 0 Å². The molecule has 0 fully saturated rings. The number of nitrogens with zero attached hydrogens (tertiary/aromatic N) is 1. The quantitative estimate of drug-likeness (QED) is 0.742. The van der Waals surface area contributed by atoms with Crippen molar-refractivity contribution in [2.24, 2.45) is 0 Å². The Kier molecular flexibility index (Phi) is 4.32. The number of halogens is 1. The Bertz CT molecular complexity index is 663. The van der Waals surface area contributed by atoms with E-state index in [4.69, 9.17) is 21.6 Å². The maximum Gasteiger partial charge on any atom is 0.133 e. The molecule has 2 rings (SSSR count). The molecule has 0 bridgehead atoms. The third-order valence-electron chi connectivity index (χ3n) is 3.16. The van der Waals surface area contributed by atoms with Crippen LogP contribution < -0.4 is 4.74 Å². The van der Waals surface area contributed by atoms with Crippen LogP contribution in [-0.4, -0.2) is 0 Å². The number of aryl methyl sites for hydroxylation is 3. The second kappa shape index (κ2) is 5.98. The van der Waals surface area contributed by atoms with Gasteiger partial charge in [-0.1, -0.05) is 17.7 Å². The van der Waals surface area contributed by atoms with Crippen molar-refractivity contribution in [3.63, 3.8) is 0 Å². The summed E-state index contributed by atoms with van der Waals surface area (Å²) in [6.45, 7) is 5.91. The molecule has 0 radical (unpaired) electrons. The molecule has 2 aromatic carbocycles. The second-order valence-electron chi connectivity index (χ2n) is 4.90. The Hall–Kier alpha value is -1.98. The average molecular weight is 286 g/mol. The minimum atomic E-state index is 0.408. The first-order chi connectivity index (χ1) is 9.55. The minimum absolute atomic E-state index is 0.408. The predicted octanol–water partition coefficient (Wildman–Crippen LogP) is 5.01. The topological polar surface area (TPSA) is 33.0 Å². The van der Waals surface area contributed by atoms with E-state index < -0.39 is 0 Å². The van der Waals surface area contributed by atoms with Crippen molar-refractivity contribution in [1.29, 1.82) is 5.26 Å². The lowest BCUT2D eigenvalue weighted by atomic mass is 10.1. The zero-order valence-electron chi connectivity index (χ0n) is 11.8. The van der Waals surface area contributed by atoms with Crippen LogP contribution in [0, 0.1) is 32.1 Å². The Morgan fingerprint density at radius 1 is 1.10 bits per heavy atom. The van der Waals surface area contributed by atoms with Gasteiger partial charge in [0.2, 0.25) is 0 Å². The lowest BCUT2D eigenvalue weighted by Gasteiger charge is -2.15. The van der Waals surface area contributed by atoms with Gasteiger partial charge >= 0.3 is 0 Å². The van der Waals surface area contributed by atoms with E-state index in [0.717, 1.165) is 33.8 Å². The van der Waals surface area contributed by atoms with Gasteiger partial charge in [-0.15, -0.1) is 11.6 Å². The fraction of sp³-hybridized carbons (Fsp3) is 0.235. The van der Waals surface area contributed by atoms with E-state index in [1.54, 1.807) is 0 Å². The van der Waals surface area contributed by atoms with E-state index in [9.17, 15) is 0 Å². The first-order valence-electron chi connectivity index (χ1n) is 6.40. The summed E-state index contributed by atoms with van der Waals surface area (Å²) in [4.78, 5) is 0. The van der Waals surface area contributed by atoms with Crippen LogP contribution in [0.2, 0.25) is 0 Å². The highest BCUT2D eigenvalue weighted by Gasteiger charge is 2.10. The van der Waals surface area contributed by atoms with Crippen LogP contribution in [0.15, 0.2) is 30.3 Å². The molecule has 0 amide bonds. The number of alkyl halides is 1. The Morgan fingerprint density at radius 3 is 2.30 bits per heavy atom. The third kappa shape index (κ3) is 2.95. The van der Waals surface area contributed by atoms with E-state index >= 15 is 0 Å². The molecule has 0 atom stereocenters. The number of hydrogen-bond acceptors (Lipinski definition) is 2. The van der Waals surface area contributed by atoms with Crippen LogP contribution in [-0.2, 0) is 5.88 Å². The molecule has 2 nitrogen and oxygen atoms in total. The van der Waals surface area contributed by atoms with Crippen LogP contribution in [0.5, 0.6) is 11.5 Å². The Balaban J connectivity index is 2.43. The van der Waals surface area contributed by atoms with Gasteiger partial charge < -0.3 is 4.74 Å². The van der Waals surface area contributed by atoms with E-state index in [2.05, 4.69) is 6.07 Å². The minimum Gasteiger partial charge on any atom is -0.456 e. The fourth-order valence-corrected chi connectivity index (χ4v) is 2.41. The first-order valence-corrected chi connectivity index (χ1v) is 6.93. The highest BCUT2D eigenvalue weighted by atomic mass is 35.5. The lowest BCUT2D eigenvalue weighted by molar-refractivity contribution is 0.470. The van der Waals surface area contributed by atoms with Gasteiger partial charge in [-0.25, -0.2) is 0 Å². The lowest BCUT2D eigenvalue weighted by Crippen LogP contribution is -1.95. The maximum atomic E-state index is 8.97. The Labute approximate surface area is 124 Å². The van der Waals surface area contributed by atoms with Crippen molar-refractivity contribution >= 4 is 11.6 Å². The first kappa shape index (κ1) is 14.4. The van der Waals surface area contributed by atoms with Crippen LogP contribution in [0.1, 0.15) is 27.8 Å². The van der Waals surface area contributed by atoms with Crippen LogP contribution in [0.4, 0.5) is 0 Å². The SMILES string of the molecule is Cc1ccc(Oc2c(C)cc(C#N)cc2C)c(CCl)c1. The number of nitriles is 1. The largest absolute Gasteiger partial charge is 0.456 e. The van der Waals surface area contributed by atoms with E-state index in [1.165, 1.54) is 0 Å². The third-order valence-corrected chi connectivity index (χ3v) is 3.45. The molecule has 0 saturated carbocycles. The van der Waals surface area contributed by atoms with Gasteiger partial charge in [0, 0.05) is 5.56 Å². The summed E-state index contributed by atoms with van der Waals surface area (Å²) >= 11 is 5.97. The molecule has 0 aliphatic heterocycles. The summed E-state index contributed by atoms with van der Waals surface area (Å²) in [5, 5.41) is 8.97. The van der Waals surface area contributed by atoms with E-state index in [0.29, 0.717) is 11.4 Å². The monoisotopic (exact) mass is 285 g/mol. The molecule has 0 aliphatic carbocycles. The molecule has 2 aromatic rings. The zero-order valence-corrected chi connectivity index (χ0v) is 12.6. The van der Waals surface area contributed by atoms with Gasteiger partial charge in [-0.05, 0) is 50.1 Å². The van der Waals surface area contributed by atoms with Crippen LogP contribution in [0.3, 0.4) is 0 Å². The molecule has 102 valence electrons. The molecule has 0 N–H and O–H groups in total. The van der Waals surface area contributed by atoms with E-state index in [1.807, 2.05) is 51.1 Å². The zero-order chi connectivity index (χ0) is 14.7. The van der Waals surface area contributed by atoms with Crippen molar-refractivity contribution in [2.45, 2.75) is 26.7 Å². The van der Waals surface area contributed by atoms with Crippen molar-refractivity contribution in [3.8, 4) is 17.6 Å². The van der Waals surface area contributed by atoms with Gasteiger partial charge in [-0.2, -0.15) is 5.26 Å². The van der Waals surface area contributed by atoms with Gasteiger partial charge in [0.25, 0.3) is 0 Å². The highest BCUT2D eigenvalue weighted by molar-refractivity contribution is 6.17. The van der Waals surface area contributed by atoms with Gasteiger partial charge in [0.1, 0.15) is 11.5 Å². The molecule has 3 heteroatoms. The maximum absolute atomic E-state index is 8.97. The molecule has 20 heavy (non-hydrogen) atoms. The smallest absolute Gasteiger partial charge is 0.133 e. The highest BCUT2D eigenvalue weighted by Crippen LogP contribution is 2.32.